The molecule has 0 aromatic carbocycles. The zero-order chi connectivity index (χ0) is 12.7. The average molecular weight is 250 g/mol. The summed E-state index contributed by atoms with van der Waals surface area (Å²) in [7, 11) is 1.47. The number of alkyl halides is 3. The Morgan fingerprint density at radius 1 is 1.47 bits per heavy atom. The van der Waals surface area contributed by atoms with E-state index in [0.717, 1.165) is 5.82 Å². The molecule has 2 N–H and O–H groups in total. The van der Waals surface area contributed by atoms with Crippen molar-refractivity contribution >= 4 is 0 Å². The highest BCUT2D eigenvalue weighted by Crippen LogP contribution is 2.15. The van der Waals surface area contributed by atoms with Crippen LogP contribution in [-0.4, -0.2) is 47.7 Å². The molecule has 4 nitrogen and oxygen atoms in total. The number of aromatic amines is 1. The second kappa shape index (κ2) is 6.61. The predicted octanol–water partition coefficient (Wildman–Crippen LogP) is 1.38. The van der Waals surface area contributed by atoms with Crippen LogP contribution >= 0.6 is 0 Å². The number of aromatic nitrogens is 2. The van der Waals surface area contributed by atoms with Crippen LogP contribution in [0.25, 0.3) is 0 Å². The molecule has 0 amide bonds. The Hall–Kier alpha value is -1.08. The van der Waals surface area contributed by atoms with Gasteiger partial charge in [0.25, 0.3) is 0 Å². The van der Waals surface area contributed by atoms with Crippen LogP contribution in [0, 0.1) is 0 Å². The summed E-state index contributed by atoms with van der Waals surface area (Å²) >= 11 is 0. The lowest BCUT2D eigenvalue weighted by molar-refractivity contribution is -0.143. The summed E-state index contributed by atoms with van der Waals surface area (Å²) in [6.07, 6.45) is -0.0497. The number of nitrogens with zero attached hydrogens (tertiary/aromatic N) is 2. The number of hydrogen-bond donors (Lipinski definition) is 2. The minimum Gasteiger partial charge on any atom is -0.348 e. The molecule has 0 fully saturated rings. The van der Waals surface area contributed by atoms with Crippen molar-refractivity contribution in [1.29, 1.82) is 0 Å². The van der Waals surface area contributed by atoms with E-state index in [1.807, 2.05) is 0 Å². The molecule has 1 aromatic heterocycles. The van der Waals surface area contributed by atoms with E-state index in [4.69, 9.17) is 0 Å². The zero-order valence-electron chi connectivity index (χ0n) is 9.72. The van der Waals surface area contributed by atoms with Gasteiger partial charge in [0.05, 0.1) is 13.1 Å². The monoisotopic (exact) mass is 250 g/mol. The predicted molar refractivity (Wildman–Crippen MR) is 58.5 cm³/mol. The van der Waals surface area contributed by atoms with Gasteiger partial charge in [0, 0.05) is 12.4 Å². The second-order valence-electron chi connectivity index (χ2n) is 3.92. The maximum absolute atomic E-state index is 12.0. The molecular formula is C10H17F3N4. The first-order valence-corrected chi connectivity index (χ1v) is 5.41. The van der Waals surface area contributed by atoms with Crippen molar-refractivity contribution in [3.05, 3.63) is 18.2 Å². The summed E-state index contributed by atoms with van der Waals surface area (Å²) in [5, 5.41) is 3.10. The molecule has 0 unspecified atom stereocenters. The molecule has 0 saturated heterocycles. The summed E-state index contributed by atoms with van der Waals surface area (Å²) in [5.41, 5.74) is 0. The molecule has 98 valence electrons. The Bertz CT molecular complexity index is 297. The van der Waals surface area contributed by atoms with E-state index >= 15 is 0 Å². The number of H-pyrrole nitrogens is 1. The standard InChI is InChI=1S/C10H17F3N4/c1-17(8-10(11,12)13)6-2-3-14-7-9-15-4-5-16-9/h4-5,14H,2-3,6-8H2,1H3,(H,15,16). The Balaban J connectivity index is 2.00. The third-order valence-corrected chi connectivity index (χ3v) is 2.19. The Kier molecular flexibility index (Phi) is 5.43. The van der Waals surface area contributed by atoms with Crippen LogP contribution in [0.4, 0.5) is 13.2 Å². The van der Waals surface area contributed by atoms with Crippen LogP contribution in [0.2, 0.25) is 0 Å². The average Bonchev–Trinajstić information content (AvgIpc) is 2.67. The minimum atomic E-state index is -4.11. The molecule has 0 aliphatic rings. The largest absolute Gasteiger partial charge is 0.401 e. The summed E-state index contributed by atoms with van der Waals surface area (Å²) in [6.45, 7) is 0.842. The van der Waals surface area contributed by atoms with Crippen molar-refractivity contribution in [2.45, 2.75) is 19.1 Å². The Morgan fingerprint density at radius 2 is 2.24 bits per heavy atom. The second-order valence-corrected chi connectivity index (χ2v) is 3.92. The lowest BCUT2D eigenvalue weighted by atomic mass is 10.4. The normalized spacial score (nSPS) is 12.3. The van der Waals surface area contributed by atoms with Gasteiger partial charge in [-0.25, -0.2) is 4.98 Å². The van der Waals surface area contributed by atoms with Gasteiger partial charge in [0.1, 0.15) is 5.82 Å². The van der Waals surface area contributed by atoms with Crippen molar-refractivity contribution in [2.75, 3.05) is 26.7 Å². The van der Waals surface area contributed by atoms with Crippen LogP contribution in [0.3, 0.4) is 0 Å². The first-order chi connectivity index (χ1) is 7.97. The van der Waals surface area contributed by atoms with Crippen molar-refractivity contribution < 1.29 is 13.2 Å². The number of rotatable bonds is 7. The van der Waals surface area contributed by atoms with Gasteiger partial charge < -0.3 is 10.3 Å². The summed E-state index contributed by atoms with van der Waals surface area (Å²) in [5.74, 6) is 0.827. The van der Waals surface area contributed by atoms with E-state index in [2.05, 4.69) is 15.3 Å². The first-order valence-electron chi connectivity index (χ1n) is 5.41. The highest BCUT2D eigenvalue weighted by molar-refractivity contribution is 4.85. The molecule has 0 aliphatic heterocycles. The van der Waals surface area contributed by atoms with E-state index in [-0.39, 0.29) is 0 Å². The van der Waals surface area contributed by atoms with Crippen molar-refractivity contribution in [3.63, 3.8) is 0 Å². The van der Waals surface area contributed by atoms with Crippen LogP contribution in [0.1, 0.15) is 12.2 Å². The number of hydrogen-bond acceptors (Lipinski definition) is 3. The fourth-order valence-corrected chi connectivity index (χ4v) is 1.46. The Labute approximate surface area is 98.2 Å². The van der Waals surface area contributed by atoms with Crippen LogP contribution in [-0.2, 0) is 6.54 Å². The van der Waals surface area contributed by atoms with Crippen LogP contribution in [0.5, 0.6) is 0 Å². The highest BCUT2D eigenvalue weighted by Gasteiger charge is 2.28. The molecule has 0 radical (unpaired) electrons. The molecule has 17 heavy (non-hydrogen) atoms. The molecule has 0 aliphatic carbocycles. The summed E-state index contributed by atoms with van der Waals surface area (Å²) < 4.78 is 36.0. The molecule has 0 atom stereocenters. The van der Waals surface area contributed by atoms with Gasteiger partial charge in [-0.05, 0) is 26.6 Å². The van der Waals surface area contributed by atoms with Gasteiger partial charge in [-0.1, -0.05) is 0 Å². The third kappa shape index (κ3) is 6.96. The lowest BCUT2D eigenvalue weighted by Crippen LogP contribution is -2.32. The first kappa shape index (κ1) is 14.0. The number of halogens is 3. The molecule has 0 bridgehead atoms. The zero-order valence-corrected chi connectivity index (χ0v) is 9.72. The Morgan fingerprint density at radius 3 is 2.82 bits per heavy atom. The van der Waals surface area contributed by atoms with Gasteiger partial charge in [-0.3, -0.25) is 4.90 Å². The van der Waals surface area contributed by atoms with E-state index in [1.54, 1.807) is 12.4 Å². The highest BCUT2D eigenvalue weighted by atomic mass is 19.4. The van der Waals surface area contributed by atoms with E-state index < -0.39 is 12.7 Å². The van der Waals surface area contributed by atoms with E-state index in [0.29, 0.717) is 26.1 Å². The van der Waals surface area contributed by atoms with Gasteiger partial charge >= 0.3 is 6.18 Å². The lowest BCUT2D eigenvalue weighted by Gasteiger charge is -2.18. The fourth-order valence-electron chi connectivity index (χ4n) is 1.46. The molecule has 1 aromatic rings. The molecule has 1 heterocycles. The number of nitrogens with one attached hydrogen (secondary N) is 2. The molecule has 7 heteroatoms. The van der Waals surface area contributed by atoms with Crippen molar-refractivity contribution in [2.24, 2.45) is 0 Å². The van der Waals surface area contributed by atoms with E-state index in [9.17, 15) is 13.2 Å². The molecule has 1 rings (SSSR count). The van der Waals surface area contributed by atoms with Crippen molar-refractivity contribution in [3.8, 4) is 0 Å². The quantitative estimate of drug-likeness (QED) is 0.719. The van der Waals surface area contributed by atoms with Gasteiger partial charge in [-0.15, -0.1) is 0 Å². The smallest absolute Gasteiger partial charge is 0.348 e. The SMILES string of the molecule is CN(CCCNCc1ncc[nH]1)CC(F)(F)F. The van der Waals surface area contributed by atoms with Crippen molar-refractivity contribution in [1.82, 2.24) is 20.2 Å². The molecular weight excluding hydrogens is 233 g/mol. The number of imidazole rings is 1. The topological polar surface area (TPSA) is 44.0 Å². The maximum atomic E-state index is 12.0. The molecule has 0 spiro atoms. The van der Waals surface area contributed by atoms with Gasteiger partial charge in [0.2, 0.25) is 0 Å². The van der Waals surface area contributed by atoms with Crippen LogP contribution < -0.4 is 5.32 Å². The maximum Gasteiger partial charge on any atom is 0.401 e. The van der Waals surface area contributed by atoms with Gasteiger partial charge in [-0.2, -0.15) is 13.2 Å². The van der Waals surface area contributed by atoms with Crippen LogP contribution in [0.15, 0.2) is 12.4 Å². The summed E-state index contributed by atoms with van der Waals surface area (Å²) in [6, 6.07) is 0. The summed E-state index contributed by atoms with van der Waals surface area (Å²) in [4.78, 5) is 8.23. The third-order valence-electron chi connectivity index (χ3n) is 2.19. The fraction of sp³-hybridized carbons (Fsp3) is 0.700. The van der Waals surface area contributed by atoms with E-state index in [1.165, 1.54) is 11.9 Å². The minimum absolute atomic E-state index is 0.421. The molecule has 0 saturated carbocycles. The van der Waals surface area contributed by atoms with Gasteiger partial charge in [0.15, 0.2) is 0 Å².